The summed E-state index contributed by atoms with van der Waals surface area (Å²) in [5.74, 6) is -0.668. The second-order valence-electron chi connectivity index (χ2n) is 2.28. The molecule has 1 aromatic carbocycles. The molecular weight excluding hydrogens is 168 g/mol. The van der Waals surface area contributed by atoms with Crippen molar-refractivity contribution in [3.8, 4) is 0 Å². The molecule has 66 valence electrons. The Morgan fingerprint density at radius 2 is 1.92 bits per heavy atom. The summed E-state index contributed by atoms with van der Waals surface area (Å²) in [6, 6.07) is 9.26. The van der Waals surface area contributed by atoms with Gasteiger partial charge in [-0.2, -0.15) is 0 Å². The summed E-state index contributed by atoms with van der Waals surface area (Å²) in [5, 5.41) is 0. The zero-order valence-corrected chi connectivity index (χ0v) is 6.84. The van der Waals surface area contributed by atoms with Crippen LogP contribution in [0.2, 0.25) is 0 Å². The molecule has 3 heteroatoms. The molecule has 0 amide bonds. The number of esters is 1. The second-order valence-corrected chi connectivity index (χ2v) is 2.28. The minimum atomic E-state index is -0.668. The van der Waals surface area contributed by atoms with Crippen LogP contribution in [-0.2, 0) is 14.3 Å². The Morgan fingerprint density at radius 1 is 1.23 bits per heavy atom. The average Bonchev–Trinajstić information content (AvgIpc) is 2.17. The van der Waals surface area contributed by atoms with Crippen molar-refractivity contribution in [3.05, 3.63) is 42.0 Å². The fourth-order valence-electron chi connectivity index (χ4n) is 0.815. The summed E-state index contributed by atoms with van der Waals surface area (Å²) in [4.78, 5) is 20.4. The van der Waals surface area contributed by atoms with E-state index in [1.807, 2.05) is 30.3 Å². The van der Waals surface area contributed by atoms with Crippen molar-refractivity contribution in [1.29, 1.82) is 0 Å². The monoisotopic (exact) mass is 176 g/mol. The van der Waals surface area contributed by atoms with Gasteiger partial charge in [0, 0.05) is 6.08 Å². The maximum absolute atomic E-state index is 10.7. The van der Waals surface area contributed by atoms with E-state index in [-0.39, 0.29) is 6.47 Å². The molecule has 0 aliphatic carbocycles. The van der Waals surface area contributed by atoms with Gasteiger partial charge >= 0.3 is 12.4 Å². The summed E-state index contributed by atoms with van der Waals surface area (Å²) in [6.45, 7) is 0.109. The van der Waals surface area contributed by atoms with Crippen LogP contribution in [-0.4, -0.2) is 12.4 Å². The van der Waals surface area contributed by atoms with E-state index in [1.54, 1.807) is 6.08 Å². The first kappa shape index (κ1) is 9.19. The minimum absolute atomic E-state index is 0.109. The van der Waals surface area contributed by atoms with Gasteiger partial charge in [-0.3, -0.25) is 4.79 Å². The predicted molar refractivity (Wildman–Crippen MR) is 47.6 cm³/mol. The molecule has 0 N–H and O–H groups in total. The SMILES string of the molecule is O=COC(=O)C=Cc1ccccc1. The van der Waals surface area contributed by atoms with Crippen LogP contribution in [0.3, 0.4) is 0 Å². The van der Waals surface area contributed by atoms with E-state index >= 15 is 0 Å². The number of rotatable bonds is 3. The first-order valence-corrected chi connectivity index (χ1v) is 3.70. The molecule has 0 saturated heterocycles. The van der Waals surface area contributed by atoms with E-state index in [0.29, 0.717) is 0 Å². The van der Waals surface area contributed by atoms with Crippen LogP contribution in [0.15, 0.2) is 36.4 Å². The van der Waals surface area contributed by atoms with Gasteiger partial charge in [0.1, 0.15) is 0 Å². The van der Waals surface area contributed by atoms with Crippen LogP contribution < -0.4 is 0 Å². The molecule has 0 saturated carbocycles. The lowest BCUT2D eigenvalue weighted by Crippen LogP contribution is -1.96. The Morgan fingerprint density at radius 3 is 2.54 bits per heavy atom. The summed E-state index contributed by atoms with van der Waals surface area (Å²) < 4.78 is 4.06. The van der Waals surface area contributed by atoms with Crippen molar-refractivity contribution in [3.63, 3.8) is 0 Å². The number of carbonyl (C=O) groups excluding carboxylic acids is 2. The predicted octanol–water partition coefficient (Wildman–Crippen LogP) is 1.40. The van der Waals surface area contributed by atoms with Gasteiger partial charge in [0.15, 0.2) is 0 Å². The van der Waals surface area contributed by atoms with Crippen LogP contribution in [0.5, 0.6) is 0 Å². The van der Waals surface area contributed by atoms with Gasteiger partial charge in [0.25, 0.3) is 0 Å². The normalized spacial score (nSPS) is 9.85. The highest BCUT2D eigenvalue weighted by Gasteiger charge is 1.92. The van der Waals surface area contributed by atoms with Gasteiger partial charge in [-0.1, -0.05) is 30.3 Å². The van der Waals surface area contributed by atoms with E-state index in [9.17, 15) is 9.59 Å². The van der Waals surface area contributed by atoms with Crippen LogP contribution in [0.1, 0.15) is 5.56 Å². The fourth-order valence-corrected chi connectivity index (χ4v) is 0.815. The lowest BCUT2D eigenvalue weighted by Gasteiger charge is -1.90. The number of carbonyl (C=O) groups is 2. The van der Waals surface area contributed by atoms with E-state index in [1.165, 1.54) is 6.08 Å². The Labute approximate surface area is 75.6 Å². The highest BCUT2D eigenvalue weighted by Crippen LogP contribution is 2.00. The third-order valence-electron chi connectivity index (χ3n) is 1.38. The Bertz CT molecular complexity index is 314. The zero-order valence-electron chi connectivity index (χ0n) is 6.84. The van der Waals surface area contributed by atoms with Crippen LogP contribution in [0.4, 0.5) is 0 Å². The second kappa shape index (κ2) is 4.87. The van der Waals surface area contributed by atoms with Crippen molar-refractivity contribution in [2.45, 2.75) is 0 Å². The van der Waals surface area contributed by atoms with Crippen molar-refractivity contribution in [1.82, 2.24) is 0 Å². The number of hydrogen-bond acceptors (Lipinski definition) is 3. The maximum Gasteiger partial charge on any atom is 0.338 e. The standard InChI is InChI=1S/C10H8O3/c11-8-13-10(12)7-6-9-4-2-1-3-5-9/h1-8H. The molecule has 0 aliphatic heterocycles. The van der Waals surface area contributed by atoms with Crippen molar-refractivity contribution < 1.29 is 14.3 Å². The van der Waals surface area contributed by atoms with E-state index in [2.05, 4.69) is 4.74 Å². The first-order valence-electron chi connectivity index (χ1n) is 3.70. The van der Waals surface area contributed by atoms with E-state index in [4.69, 9.17) is 0 Å². The first-order chi connectivity index (χ1) is 6.33. The van der Waals surface area contributed by atoms with Gasteiger partial charge < -0.3 is 4.74 Å². The zero-order chi connectivity index (χ0) is 9.52. The summed E-state index contributed by atoms with van der Waals surface area (Å²) >= 11 is 0. The molecule has 0 fully saturated rings. The molecule has 0 atom stereocenters. The highest BCUT2D eigenvalue weighted by atomic mass is 16.6. The van der Waals surface area contributed by atoms with Gasteiger partial charge in [-0.05, 0) is 11.6 Å². The van der Waals surface area contributed by atoms with Gasteiger partial charge in [-0.15, -0.1) is 0 Å². The van der Waals surface area contributed by atoms with Crippen LogP contribution in [0, 0.1) is 0 Å². The van der Waals surface area contributed by atoms with Crippen molar-refractivity contribution in [2.75, 3.05) is 0 Å². The third kappa shape index (κ3) is 3.33. The number of hydrogen-bond donors (Lipinski definition) is 0. The third-order valence-corrected chi connectivity index (χ3v) is 1.38. The molecule has 1 aromatic rings. The van der Waals surface area contributed by atoms with E-state index in [0.717, 1.165) is 5.56 Å². The van der Waals surface area contributed by atoms with Gasteiger partial charge in [0.2, 0.25) is 0 Å². The molecule has 1 rings (SSSR count). The number of benzene rings is 1. The highest BCUT2D eigenvalue weighted by molar-refractivity contribution is 5.90. The summed E-state index contributed by atoms with van der Waals surface area (Å²) in [7, 11) is 0. The summed E-state index contributed by atoms with van der Waals surface area (Å²) in [5.41, 5.74) is 0.880. The Balaban J connectivity index is 2.58. The van der Waals surface area contributed by atoms with Crippen LogP contribution >= 0.6 is 0 Å². The van der Waals surface area contributed by atoms with Crippen molar-refractivity contribution in [2.24, 2.45) is 0 Å². The molecule has 3 nitrogen and oxygen atoms in total. The minimum Gasteiger partial charge on any atom is -0.392 e. The quantitative estimate of drug-likeness (QED) is 0.302. The molecular formula is C10H8O3. The van der Waals surface area contributed by atoms with Crippen LogP contribution in [0.25, 0.3) is 6.08 Å². The van der Waals surface area contributed by atoms with Gasteiger partial charge in [0.05, 0.1) is 0 Å². The summed E-state index contributed by atoms with van der Waals surface area (Å²) in [6.07, 6.45) is 2.77. The fraction of sp³-hybridized carbons (Fsp3) is 0. The Hall–Kier alpha value is -1.90. The van der Waals surface area contributed by atoms with Gasteiger partial charge in [-0.25, -0.2) is 4.79 Å². The molecule has 0 unspecified atom stereocenters. The van der Waals surface area contributed by atoms with Crippen molar-refractivity contribution >= 4 is 18.5 Å². The molecule has 13 heavy (non-hydrogen) atoms. The largest absolute Gasteiger partial charge is 0.392 e. The maximum atomic E-state index is 10.7. The number of ether oxygens (including phenoxy) is 1. The smallest absolute Gasteiger partial charge is 0.338 e. The molecule has 0 spiro atoms. The molecule has 0 aliphatic rings. The lowest BCUT2D eigenvalue weighted by molar-refractivity contribution is -0.147. The molecule has 0 aromatic heterocycles. The molecule has 0 heterocycles. The molecule has 0 radical (unpaired) electrons. The Kier molecular flexibility index (Phi) is 3.45. The van der Waals surface area contributed by atoms with E-state index < -0.39 is 5.97 Å². The average molecular weight is 176 g/mol. The molecule has 0 bridgehead atoms. The topological polar surface area (TPSA) is 43.4 Å². The lowest BCUT2D eigenvalue weighted by atomic mass is 10.2.